The minimum absolute atomic E-state index is 0.0740. The Morgan fingerprint density at radius 1 is 1.12 bits per heavy atom. The maximum Gasteiger partial charge on any atom is 0.311 e. The fraction of sp³-hybridized carbons (Fsp3) is 0.667. The molecule has 7 heteroatoms. The minimum Gasteiger partial charge on any atom is -0.492 e. The fourth-order valence-corrected chi connectivity index (χ4v) is 7.45. The molecule has 1 N–H and O–H groups in total. The van der Waals surface area contributed by atoms with E-state index in [1.165, 1.54) is 38.5 Å². The van der Waals surface area contributed by atoms with Crippen molar-refractivity contribution in [2.75, 3.05) is 24.7 Å². The lowest BCUT2D eigenvalue weighted by Crippen LogP contribution is -2.56. The van der Waals surface area contributed by atoms with Gasteiger partial charge in [0.05, 0.1) is 18.2 Å². The second kappa shape index (κ2) is 9.23. The van der Waals surface area contributed by atoms with Gasteiger partial charge >= 0.3 is 5.97 Å². The number of amides is 2. The molecule has 0 radical (unpaired) electrons. The molecule has 0 unspecified atom stereocenters. The molecule has 1 heterocycles. The van der Waals surface area contributed by atoms with Gasteiger partial charge in [0, 0.05) is 19.0 Å². The number of ether oxygens (including phenoxy) is 2. The summed E-state index contributed by atoms with van der Waals surface area (Å²) in [5, 5.41) is 3.14. The number of carbonyl (C=O) groups is 3. The molecule has 1 aliphatic heterocycles. The van der Waals surface area contributed by atoms with Crippen LogP contribution in [0.2, 0.25) is 0 Å². The second-order valence-corrected chi connectivity index (χ2v) is 11.0. The van der Waals surface area contributed by atoms with E-state index < -0.39 is 11.9 Å². The normalized spacial score (nSPS) is 32.5. The molecule has 4 aliphatic carbocycles. The maximum absolute atomic E-state index is 12.7. The van der Waals surface area contributed by atoms with Crippen molar-refractivity contribution in [1.29, 1.82) is 0 Å². The molecule has 2 amide bonds. The molecule has 4 bridgehead atoms. The number of carbonyl (C=O) groups excluding carboxylic acids is 3. The Balaban J connectivity index is 1.13. The summed E-state index contributed by atoms with van der Waals surface area (Å²) in [5.41, 5.74) is 0.868. The molecule has 1 aromatic carbocycles. The summed E-state index contributed by atoms with van der Waals surface area (Å²) in [6.07, 6.45) is 7.80. The SMILES string of the molecule is CCOc1ccccc1N1C[C@H](C(=O)OCC(=O)N[C@H](C)C23CC4CC(CC(C4)C2)C3)CC1=O. The van der Waals surface area contributed by atoms with Crippen LogP contribution in [-0.4, -0.2) is 43.6 Å². The molecule has 2 atom stereocenters. The van der Waals surface area contributed by atoms with Gasteiger partial charge in [0.15, 0.2) is 6.61 Å². The first-order chi connectivity index (χ1) is 16.4. The van der Waals surface area contributed by atoms with E-state index >= 15 is 0 Å². The van der Waals surface area contributed by atoms with E-state index in [1.54, 1.807) is 4.90 Å². The van der Waals surface area contributed by atoms with Crippen molar-refractivity contribution in [3.8, 4) is 5.75 Å². The third kappa shape index (κ3) is 4.41. The first-order valence-corrected chi connectivity index (χ1v) is 12.8. The van der Waals surface area contributed by atoms with Crippen molar-refractivity contribution >= 4 is 23.5 Å². The van der Waals surface area contributed by atoms with Crippen LogP contribution in [0.15, 0.2) is 24.3 Å². The van der Waals surface area contributed by atoms with E-state index in [4.69, 9.17) is 9.47 Å². The maximum atomic E-state index is 12.7. The third-order valence-electron chi connectivity index (χ3n) is 8.64. The lowest BCUT2D eigenvalue weighted by Gasteiger charge is -2.59. The Kier molecular flexibility index (Phi) is 6.30. The van der Waals surface area contributed by atoms with Gasteiger partial charge in [-0.3, -0.25) is 14.4 Å². The summed E-state index contributed by atoms with van der Waals surface area (Å²) >= 11 is 0. The highest BCUT2D eigenvalue weighted by Gasteiger charge is 2.53. The molecule has 0 spiro atoms. The zero-order valence-electron chi connectivity index (χ0n) is 20.3. The Morgan fingerprint density at radius 3 is 2.41 bits per heavy atom. The van der Waals surface area contributed by atoms with E-state index in [0.717, 1.165) is 17.8 Å². The molecule has 6 rings (SSSR count). The Hall–Kier alpha value is -2.57. The summed E-state index contributed by atoms with van der Waals surface area (Å²) in [5.74, 6) is 1.59. The van der Waals surface area contributed by atoms with E-state index in [-0.39, 0.29) is 42.8 Å². The van der Waals surface area contributed by atoms with Crippen molar-refractivity contribution in [2.45, 2.75) is 64.8 Å². The molecule has 184 valence electrons. The quantitative estimate of drug-likeness (QED) is 0.588. The van der Waals surface area contributed by atoms with Crippen LogP contribution in [0.25, 0.3) is 0 Å². The van der Waals surface area contributed by atoms with Gasteiger partial charge in [-0.15, -0.1) is 0 Å². The van der Waals surface area contributed by atoms with Gasteiger partial charge < -0.3 is 19.7 Å². The topological polar surface area (TPSA) is 84.9 Å². The lowest BCUT2D eigenvalue weighted by molar-refractivity contribution is -0.153. The van der Waals surface area contributed by atoms with Crippen LogP contribution in [0.1, 0.15) is 58.8 Å². The van der Waals surface area contributed by atoms with Crippen molar-refractivity contribution < 1.29 is 23.9 Å². The van der Waals surface area contributed by atoms with Crippen LogP contribution in [0.4, 0.5) is 5.69 Å². The smallest absolute Gasteiger partial charge is 0.311 e. The molecular weight excluding hydrogens is 432 g/mol. The summed E-state index contributed by atoms with van der Waals surface area (Å²) in [4.78, 5) is 39.5. The van der Waals surface area contributed by atoms with E-state index in [9.17, 15) is 14.4 Å². The Labute approximate surface area is 201 Å². The van der Waals surface area contributed by atoms with Gasteiger partial charge in [0.25, 0.3) is 5.91 Å². The molecule has 7 nitrogen and oxygen atoms in total. The summed E-state index contributed by atoms with van der Waals surface area (Å²) in [7, 11) is 0. The van der Waals surface area contributed by atoms with Crippen LogP contribution < -0.4 is 15.0 Å². The van der Waals surface area contributed by atoms with Crippen molar-refractivity contribution in [3.63, 3.8) is 0 Å². The van der Waals surface area contributed by atoms with Crippen molar-refractivity contribution in [3.05, 3.63) is 24.3 Å². The number of hydrogen-bond donors (Lipinski definition) is 1. The molecule has 4 saturated carbocycles. The third-order valence-corrected chi connectivity index (χ3v) is 8.64. The first kappa shape index (κ1) is 23.2. The molecule has 0 aromatic heterocycles. The average Bonchev–Trinajstić information content (AvgIpc) is 3.18. The minimum atomic E-state index is -0.587. The van der Waals surface area contributed by atoms with E-state index in [2.05, 4.69) is 12.2 Å². The predicted octanol–water partition coefficient (Wildman–Crippen LogP) is 3.70. The molecule has 1 saturated heterocycles. The van der Waals surface area contributed by atoms with Crippen molar-refractivity contribution in [1.82, 2.24) is 5.32 Å². The number of hydrogen-bond acceptors (Lipinski definition) is 5. The monoisotopic (exact) mass is 468 g/mol. The summed E-state index contributed by atoms with van der Waals surface area (Å²) < 4.78 is 11.0. The van der Waals surface area contributed by atoms with Crippen LogP contribution >= 0.6 is 0 Å². The van der Waals surface area contributed by atoms with Crippen LogP contribution in [0.3, 0.4) is 0 Å². The molecule has 5 fully saturated rings. The van der Waals surface area contributed by atoms with Crippen molar-refractivity contribution in [2.24, 2.45) is 29.1 Å². The number of nitrogens with zero attached hydrogens (tertiary/aromatic N) is 1. The molecule has 5 aliphatic rings. The number of para-hydroxylation sites is 2. The molecule has 34 heavy (non-hydrogen) atoms. The number of nitrogens with one attached hydrogen (secondary N) is 1. The van der Waals surface area contributed by atoms with Gasteiger partial charge in [0.1, 0.15) is 5.75 Å². The summed E-state index contributed by atoms with van der Waals surface area (Å²) in [6, 6.07) is 7.41. The van der Waals surface area contributed by atoms with Gasteiger partial charge in [0.2, 0.25) is 5.91 Å². The zero-order chi connectivity index (χ0) is 23.9. The number of rotatable bonds is 8. The Bertz CT molecular complexity index is 925. The Morgan fingerprint density at radius 2 is 1.76 bits per heavy atom. The summed E-state index contributed by atoms with van der Waals surface area (Å²) in [6.45, 7) is 4.43. The van der Waals surface area contributed by atoms with Gasteiger partial charge in [-0.2, -0.15) is 0 Å². The average molecular weight is 469 g/mol. The highest BCUT2D eigenvalue weighted by atomic mass is 16.5. The van der Waals surface area contributed by atoms with Crippen LogP contribution in [0.5, 0.6) is 5.75 Å². The van der Waals surface area contributed by atoms with Crippen LogP contribution in [-0.2, 0) is 19.1 Å². The van der Waals surface area contributed by atoms with Gasteiger partial charge in [-0.05, 0) is 87.7 Å². The highest BCUT2D eigenvalue weighted by molar-refractivity contribution is 6.00. The highest BCUT2D eigenvalue weighted by Crippen LogP contribution is 2.61. The number of benzene rings is 1. The second-order valence-electron chi connectivity index (χ2n) is 11.0. The predicted molar refractivity (Wildman–Crippen MR) is 127 cm³/mol. The van der Waals surface area contributed by atoms with Crippen LogP contribution in [0, 0.1) is 29.1 Å². The number of esters is 1. The molecular formula is C27H36N2O5. The van der Waals surface area contributed by atoms with Gasteiger partial charge in [-0.1, -0.05) is 12.1 Å². The van der Waals surface area contributed by atoms with Gasteiger partial charge in [-0.25, -0.2) is 0 Å². The lowest BCUT2D eigenvalue weighted by atomic mass is 9.48. The fourth-order valence-electron chi connectivity index (χ4n) is 7.45. The van der Waals surface area contributed by atoms with E-state index in [1.807, 2.05) is 31.2 Å². The first-order valence-electron chi connectivity index (χ1n) is 12.8. The zero-order valence-corrected chi connectivity index (χ0v) is 20.3. The largest absolute Gasteiger partial charge is 0.492 e. The standard InChI is InChI=1S/C27H36N2O5/c1-3-33-23-7-5-4-6-22(23)29-15-21(11-25(29)31)26(32)34-16-24(30)28-17(2)27-12-18-8-19(13-27)10-20(9-18)14-27/h4-7,17-21H,3,8-16H2,1-2H3,(H,28,30)/t17-,18?,19?,20?,21-,27?/m1/s1. The van der Waals surface area contributed by atoms with E-state index in [0.29, 0.717) is 18.0 Å². The molecule has 1 aromatic rings. The number of anilines is 1.